The summed E-state index contributed by atoms with van der Waals surface area (Å²) in [5, 5.41) is 6.78. The molecule has 0 aliphatic carbocycles. The number of benzene rings is 1. The number of carbonyl (C=O) groups excluding carboxylic acids is 2. The van der Waals surface area contributed by atoms with Crippen LogP contribution in [0.3, 0.4) is 0 Å². The van der Waals surface area contributed by atoms with Crippen molar-refractivity contribution in [2.75, 3.05) is 13.1 Å². The molecule has 0 saturated heterocycles. The lowest BCUT2D eigenvalue weighted by Crippen LogP contribution is -2.41. The molecular formula is C15H13ClF3N3O2S. The molecule has 0 unspecified atom stereocenters. The second kappa shape index (κ2) is 8.30. The maximum atomic E-state index is 12.0. The molecule has 0 spiro atoms. The van der Waals surface area contributed by atoms with Gasteiger partial charge in [0.1, 0.15) is 11.6 Å². The average molecular weight is 392 g/mol. The lowest BCUT2D eigenvalue weighted by molar-refractivity contribution is -0.138. The smallest absolute Gasteiger partial charge is 0.347 e. The van der Waals surface area contributed by atoms with Gasteiger partial charge in [-0.25, -0.2) is 4.98 Å². The lowest BCUT2D eigenvalue weighted by atomic mass is 10.2. The fourth-order valence-electron chi connectivity index (χ4n) is 1.81. The van der Waals surface area contributed by atoms with Gasteiger partial charge in [0.2, 0.25) is 11.8 Å². The fraction of sp³-hybridized carbons (Fsp3) is 0.267. The van der Waals surface area contributed by atoms with Crippen molar-refractivity contribution in [2.24, 2.45) is 0 Å². The van der Waals surface area contributed by atoms with Crippen LogP contribution in [-0.4, -0.2) is 36.1 Å². The standard InChI is InChI=1S/C15H13ClF3N3O2S/c16-11-4-2-1-3-10(11)14-22-9(7-25-14)5-12(23)20-6-13(24)21-8-15(17,18)19/h1-4,7H,5-6,8H2,(H,20,23)(H,21,24). The summed E-state index contributed by atoms with van der Waals surface area (Å²) in [5.41, 5.74) is 1.22. The summed E-state index contributed by atoms with van der Waals surface area (Å²) in [6, 6.07) is 7.13. The molecule has 0 atom stereocenters. The quantitative estimate of drug-likeness (QED) is 0.795. The molecule has 0 aliphatic rings. The maximum Gasteiger partial charge on any atom is 0.405 e. The Morgan fingerprint density at radius 1 is 1.16 bits per heavy atom. The summed E-state index contributed by atoms with van der Waals surface area (Å²) < 4.78 is 35.9. The average Bonchev–Trinajstić information content (AvgIpc) is 2.99. The van der Waals surface area contributed by atoms with E-state index in [1.54, 1.807) is 28.9 Å². The number of nitrogens with zero attached hydrogens (tertiary/aromatic N) is 1. The minimum Gasteiger partial charge on any atom is -0.347 e. The van der Waals surface area contributed by atoms with Crippen LogP contribution in [0.4, 0.5) is 13.2 Å². The second-order valence-electron chi connectivity index (χ2n) is 4.97. The van der Waals surface area contributed by atoms with E-state index in [9.17, 15) is 22.8 Å². The minimum absolute atomic E-state index is 0.0898. The van der Waals surface area contributed by atoms with E-state index in [-0.39, 0.29) is 6.42 Å². The highest BCUT2D eigenvalue weighted by Crippen LogP contribution is 2.30. The number of rotatable bonds is 6. The third-order valence-corrected chi connectivity index (χ3v) is 4.18. The predicted octanol–water partition coefficient (Wildman–Crippen LogP) is 2.80. The SMILES string of the molecule is O=C(CNC(=O)Cc1csc(-c2ccccc2Cl)n1)NCC(F)(F)F. The summed E-state index contributed by atoms with van der Waals surface area (Å²) in [4.78, 5) is 27.3. The minimum atomic E-state index is -4.49. The molecule has 0 bridgehead atoms. The first-order chi connectivity index (χ1) is 11.7. The Bertz CT molecular complexity index is 764. The molecule has 2 N–H and O–H groups in total. The number of thiazole rings is 1. The molecule has 5 nitrogen and oxygen atoms in total. The van der Waals surface area contributed by atoms with Gasteiger partial charge in [-0.2, -0.15) is 13.2 Å². The molecule has 0 saturated carbocycles. The van der Waals surface area contributed by atoms with Crippen LogP contribution >= 0.6 is 22.9 Å². The Balaban J connectivity index is 1.84. The van der Waals surface area contributed by atoms with Gasteiger partial charge in [-0.3, -0.25) is 9.59 Å². The van der Waals surface area contributed by atoms with Gasteiger partial charge < -0.3 is 10.6 Å². The first-order valence-corrected chi connectivity index (χ1v) is 8.30. The molecule has 0 radical (unpaired) electrons. The van der Waals surface area contributed by atoms with Gasteiger partial charge in [-0.15, -0.1) is 11.3 Å². The fourth-order valence-corrected chi connectivity index (χ4v) is 2.95. The molecule has 2 amide bonds. The Hall–Kier alpha value is -2.13. The molecule has 2 aromatic rings. The van der Waals surface area contributed by atoms with Crippen LogP contribution in [-0.2, 0) is 16.0 Å². The number of amides is 2. The number of halogens is 4. The Morgan fingerprint density at radius 2 is 1.88 bits per heavy atom. The van der Waals surface area contributed by atoms with Gasteiger partial charge in [0, 0.05) is 10.9 Å². The Kier molecular flexibility index (Phi) is 6.38. The van der Waals surface area contributed by atoms with Crippen LogP contribution < -0.4 is 10.6 Å². The van der Waals surface area contributed by atoms with E-state index in [1.165, 1.54) is 11.3 Å². The third-order valence-electron chi connectivity index (χ3n) is 2.93. The van der Waals surface area contributed by atoms with Crippen molar-refractivity contribution in [2.45, 2.75) is 12.6 Å². The van der Waals surface area contributed by atoms with Gasteiger partial charge in [0.05, 0.1) is 23.7 Å². The van der Waals surface area contributed by atoms with Gasteiger partial charge in [-0.1, -0.05) is 29.8 Å². The Morgan fingerprint density at radius 3 is 2.56 bits per heavy atom. The summed E-state index contributed by atoms with van der Waals surface area (Å²) in [6.45, 7) is -1.97. The predicted molar refractivity (Wildman–Crippen MR) is 88.3 cm³/mol. The van der Waals surface area contributed by atoms with Crippen LogP contribution in [0.15, 0.2) is 29.6 Å². The molecular weight excluding hydrogens is 379 g/mol. The van der Waals surface area contributed by atoms with E-state index < -0.39 is 31.1 Å². The van der Waals surface area contributed by atoms with E-state index in [2.05, 4.69) is 10.3 Å². The normalized spacial score (nSPS) is 11.2. The molecule has 0 fully saturated rings. The van der Waals surface area contributed by atoms with E-state index in [4.69, 9.17) is 11.6 Å². The lowest BCUT2D eigenvalue weighted by Gasteiger charge is -2.08. The molecule has 0 aliphatic heterocycles. The number of hydrogen-bond donors (Lipinski definition) is 2. The molecule has 134 valence electrons. The van der Waals surface area contributed by atoms with Crippen molar-refractivity contribution in [1.29, 1.82) is 0 Å². The van der Waals surface area contributed by atoms with Crippen LogP contribution in [0.25, 0.3) is 10.6 Å². The number of carbonyl (C=O) groups is 2. The molecule has 1 aromatic heterocycles. The summed E-state index contributed by atoms with van der Waals surface area (Å²) in [7, 11) is 0. The van der Waals surface area contributed by atoms with E-state index >= 15 is 0 Å². The summed E-state index contributed by atoms with van der Waals surface area (Å²) >= 11 is 7.40. The monoisotopic (exact) mass is 391 g/mol. The topological polar surface area (TPSA) is 71.1 Å². The van der Waals surface area contributed by atoms with Crippen molar-refractivity contribution in [1.82, 2.24) is 15.6 Å². The van der Waals surface area contributed by atoms with Gasteiger partial charge in [0.15, 0.2) is 0 Å². The summed E-state index contributed by atoms with van der Waals surface area (Å²) in [6.07, 6.45) is -4.58. The van der Waals surface area contributed by atoms with Gasteiger partial charge >= 0.3 is 6.18 Å². The number of aromatic nitrogens is 1. The van der Waals surface area contributed by atoms with E-state index in [0.717, 1.165) is 5.56 Å². The van der Waals surface area contributed by atoms with Crippen molar-refractivity contribution >= 4 is 34.8 Å². The summed E-state index contributed by atoms with van der Waals surface area (Å²) in [5.74, 6) is -1.43. The van der Waals surface area contributed by atoms with Crippen molar-refractivity contribution < 1.29 is 22.8 Å². The van der Waals surface area contributed by atoms with Crippen molar-refractivity contribution in [3.05, 3.63) is 40.4 Å². The van der Waals surface area contributed by atoms with Crippen LogP contribution in [0, 0.1) is 0 Å². The van der Waals surface area contributed by atoms with E-state index in [1.807, 2.05) is 6.07 Å². The number of nitrogens with one attached hydrogen (secondary N) is 2. The van der Waals surface area contributed by atoms with Crippen LogP contribution in [0.2, 0.25) is 5.02 Å². The highest BCUT2D eigenvalue weighted by atomic mass is 35.5. The molecule has 2 rings (SSSR count). The molecule has 1 aromatic carbocycles. The van der Waals surface area contributed by atoms with Crippen LogP contribution in [0.1, 0.15) is 5.69 Å². The third kappa shape index (κ3) is 6.35. The largest absolute Gasteiger partial charge is 0.405 e. The van der Waals surface area contributed by atoms with Crippen LogP contribution in [0.5, 0.6) is 0 Å². The van der Waals surface area contributed by atoms with Crippen molar-refractivity contribution in [3.63, 3.8) is 0 Å². The van der Waals surface area contributed by atoms with Gasteiger partial charge in [-0.05, 0) is 6.07 Å². The maximum absolute atomic E-state index is 12.0. The molecule has 1 heterocycles. The molecule has 25 heavy (non-hydrogen) atoms. The zero-order valence-electron chi connectivity index (χ0n) is 12.7. The van der Waals surface area contributed by atoms with Crippen molar-refractivity contribution in [3.8, 4) is 10.6 Å². The zero-order chi connectivity index (χ0) is 18.4. The molecule has 10 heteroatoms. The highest BCUT2D eigenvalue weighted by molar-refractivity contribution is 7.13. The first-order valence-electron chi connectivity index (χ1n) is 7.04. The van der Waals surface area contributed by atoms with Gasteiger partial charge in [0.25, 0.3) is 0 Å². The zero-order valence-corrected chi connectivity index (χ0v) is 14.3. The second-order valence-corrected chi connectivity index (χ2v) is 6.23. The Labute approximate surface area is 150 Å². The number of hydrogen-bond acceptors (Lipinski definition) is 4. The number of alkyl halides is 3. The first kappa shape index (κ1) is 19.2. The highest BCUT2D eigenvalue weighted by Gasteiger charge is 2.27. The van der Waals surface area contributed by atoms with E-state index in [0.29, 0.717) is 15.7 Å².